The molecule has 0 bridgehead atoms. The number of alkyl halides is 3. The Kier molecular flexibility index (Phi) is 4.87. The second-order valence-electron chi connectivity index (χ2n) is 5.34. The lowest BCUT2D eigenvalue weighted by molar-refractivity contribution is -0.137. The molecule has 0 atom stereocenters. The maximum absolute atomic E-state index is 12.7. The maximum Gasteiger partial charge on any atom is 0.416 e. The van der Waals surface area contributed by atoms with Crippen LogP contribution >= 0.6 is 11.3 Å². The summed E-state index contributed by atoms with van der Waals surface area (Å²) in [6.07, 6.45) is -4.41. The highest BCUT2D eigenvalue weighted by molar-refractivity contribution is 7.19. The van der Waals surface area contributed by atoms with Crippen LogP contribution in [0.2, 0.25) is 0 Å². The lowest BCUT2D eigenvalue weighted by Crippen LogP contribution is -2.17. The number of ether oxygens (including phenoxy) is 1. The number of thiazole rings is 1. The zero-order valence-electron chi connectivity index (χ0n) is 14.4. The number of carbonyl (C=O) groups excluding carboxylic acids is 1. The van der Waals surface area contributed by atoms with Crippen molar-refractivity contribution in [3.05, 3.63) is 40.4 Å². The minimum atomic E-state index is -4.41. The Morgan fingerprint density at radius 3 is 2.41 bits per heavy atom. The van der Waals surface area contributed by atoms with Crippen molar-refractivity contribution < 1.29 is 27.5 Å². The van der Waals surface area contributed by atoms with Crippen molar-refractivity contribution in [2.75, 3.05) is 14.2 Å². The van der Waals surface area contributed by atoms with Gasteiger partial charge in [-0.25, -0.2) is 9.31 Å². The van der Waals surface area contributed by atoms with Crippen molar-refractivity contribution >= 4 is 28.0 Å². The summed E-state index contributed by atoms with van der Waals surface area (Å²) in [4.78, 5) is 21.8. The predicted molar refractivity (Wildman–Crippen MR) is 91.6 cm³/mol. The first-order chi connectivity index (χ1) is 12.8. The van der Waals surface area contributed by atoms with Gasteiger partial charge in [-0.1, -0.05) is 28.6 Å². The first kappa shape index (κ1) is 18.8. The molecule has 27 heavy (non-hydrogen) atoms. The van der Waals surface area contributed by atoms with E-state index in [9.17, 15) is 18.0 Å². The molecule has 11 heteroatoms. The van der Waals surface area contributed by atoms with Gasteiger partial charge in [0.1, 0.15) is 7.11 Å². The second kappa shape index (κ2) is 6.99. The number of carbonyl (C=O) groups is 1. The molecule has 0 aliphatic rings. The van der Waals surface area contributed by atoms with Crippen LogP contribution in [0.15, 0.2) is 29.4 Å². The average Bonchev–Trinajstić information content (AvgIpc) is 3.18. The molecule has 0 fully saturated rings. The van der Waals surface area contributed by atoms with Crippen molar-refractivity contribution in [1.82, 2.24) is 14.6 Å². The number of hydrogen-bond donors (Lipinski definition) is 0. The van der Waals surface area contributed by atoms with Crippen LogP contribution in [0.5, 0.6) is 0 Å². The zero-order chi connectivity index (χ0) is 19.8. The molecule has 0 N–H and O–H groups in total. The fourth-order valence-corrected chi connectivity index (χ4v) is 3.38. The summed E-state index contributed by atoms with van der Waals surface area (Å²) in [6.45, 7) is 1.71. The fraction of sp³-hybridized carbons (Fsp3) is 0.250. The number of aromatic nitrogens is 3. The van der Waals surface area contributed by atoms with Gasteiger partial charge >= 0.3 is 12.1 Å². The van der Waals surface area contributed by atoms with Gasteiger partial charge in [0.2, 0.25) is 10.7 Å². The van der Waals surface area contributed by atoms with Crippen molar-refractivity contribution in [3.63, 3.8) is 0 Å². The van der Waals surface area contributed by atoms with Gasteiger partial charge < -0.3 is 9.57 Å². The Bertz CT molecular complexity index is 1020. The van der Waals surface area contributed by atoms with Crippen LogP contribution in [0.1, 0.15) is 16.1 Å². The zero-order valence-corrected chi connectivity index (χ0v) is 15.2. The fourth-order valence-electron chi connectivity index (χ4n) is 2.35. The van der Waals surface area contributed by atoms with Gasteiger partial charge in [0, 0.05) is 5.56 Å². The van der Waals surface area contributed by atoms with Crippen molar-refractivity contribution in [3.8, 4) is 11.4 Å². The van der Waals surface area contributed by atoms with Crippen LogP contribution in [0, 0.1) is 6.92 Å². The van der Waals surface area contributed by atoms with Crippen LogP contribution in [-0.4, -0.2) is 40.5 Å². The molecule has 0 radical (unpaired) electrons. The molecule has 0 aliphatic carbocycles. The highest BCUT2D eigenvalue weighted by atomic mass is 32.1. The highest BCUT2D eigenvalue weighted by Gasteiger charge is 2.30. The Morgan fingerprint density at radius 2 is 1.89 bits per heavy atom. The Balaban J connectivity index is 2.01. The van der Waals surface area contributed by atoms with Gasteiger partial charge in [-0.3, -0.25) is 0 Å². The Morgan fingerprint density at radius 1 is 1.22 bits per heavy atom. The molecule has 0 spiro atoms. The third kappa shape index (κ3) is 3.50. The summed E-state index contributed by atoms with van der Waals surface area (Å²) >= 11 is 1.14. The lowest BCUT2D eigenvalue weighted by atomic mass is 10.1. The summed E-state index contributed by atoms with van der Waals surface area (Å²) in [5, 5.41) is 8.00. The molecule has 0 saturated carbocycles. The molecule has 142 valence electrons. The standard InChI is InChI=1S/C16H13F3N4O3S/c1-8-12(11(22-26-3)14(24)25-2)27-15-20-13(21-23(8)15)9-4-6-10(7-5-9)16(17,18)19/h4-7H,1-3H3/b22-11-. The van der Waals surface area contributed by atoms with Gasteiger partial charge in [-0.05, 0) is 19.1 Å². The average molecular weight is 398 g/mol. The number of oxime groups is 1. The van der Waals surface area contributed by atoms with E-state index in [1.807, 2.05) is 0 Å². The Labute approximate surface area is 155 Å². The summed E-state index contributed by atoms with van der Waals surface area (Å²) < 4.78 is 44.2. The number of rotatable bonds is 4. The lowest BCUT2D eigenvalue weighted by Gasteiger charge is -2.06. The van der Waals surface area contributed by atoms with E-state index in [0.717, 1.165) is 23.5 Å². The van der Waals surface area contributed by atoms with Gasteiger partial charge in [0.05, 0.1) is 23.2 Å². The third-order valence-corrected chi connectivity index (χ3v) is 4.80. The summed E-state index contributed by atoms with van der Waals surface area (Å²) in [5.41, 5.74) is 0.246. The van der Waals surface area contributed by atoms with E-state index < -0.39 is 17.7 Å². The quantitative estimate of drug-likeness (QED) is 0.383. The van der Waals surface area contributed by atoms with Crippen LogP contribution in [0.25, 0.3) is 16.3 Å². The molecular weight excluding hydrogens is 385 g/mol. The van der Waals surface area contributed by atoms with E-state index >= 15 is 0 Å². The molecule has 7 nitrogen and oxygen atoms in total. The molecule has 0 saturated heterocycles. The van der Waals surface area contributed by atoms with E-state index in [1.54, 1.807) is 6.92 Å². The summed E-state index contributed by atoms with van der Waals surface area (Å²) in [6, 6.07) is 4.57. The molecule has 2 heterocycles. The van der Waals surface area contributed by atoms with E-state index in [0.29, 0.717) is 21.1 Å². The van der Waals surface area contributed by atoms with E-state index in [4.69, 9.17) is 9.57 Å². The first-order valence-corrected chi connectivity index (χ1v) is 8.31. The molecule has 2 aromatic heterocycles. The number of esters is 1. The van der Waals surface area contributed by atoms with Gasteiger partial charge in [0.25, 0.3) is 0 Å². The minimum Gasteiger partial charge on any atom is -0.464 e. The van der Waals surface area contributed by atoms with E-state index in [2.05, 4.69) is 15.2 Å². The monoisotopic (exact) mass is 398 g/mol. The number of fused-ring (bicyclic) bond motifs is 1. The number of benzene rings is 1. The molecule has 1 aromatic carbocycles. The molecule has 3 aromatic rings. The van der Waals surface area contributed by atoms with Crippen molar-refractivity contribution in [1.29, 1.82) is 0 Å². The van der Waals surface area contributed by atoms with E-state index in [-0.39, 0.29) is 11.5 Å². The number of methoxy groups -OCH3 is 1. The minimum absolute atomic E-state index is 0.0223. The van der Waals surface area contributed by atoms with Crippen LogP contribution < -0.4 is 0 Å². The van der Waals surface area contributed by atoms with Crippen LogP contribution in [-0.2, 0) is 20.5 Å². The SMILES string of the molecule is CO/N=C(\C(=O)OC)c1sc2nc(-c3ccc(C(F)(F)F)cc3)nn2c1C. The molecular formula is C16H13F3N4O3S. The largest absolute Gasteiger partial charge is 0.464 e. The predicted octanol–water partition coefficient (Wildman–Crippen LogP) is 3.31. The van der Waals surface area contributed by atoms with E-state index in [1.165, 1.54) is 30.9 Å². The van der Waals surface area contributed by atoms with Crippen LogP contribution in [0.3, 0.4) is 0 Å². The topological polar surface area (TPSA) is 78.1 Å². The first-order valence-electron chi connectivity index (χ1n) is 7.50. The number of hydrogen-bond acceptors (Lipinski definition) is 7. The molecule has 0 unspecified atom stereocenters. The van der Waals surface area contributed by atoms with Gasteiger partial charge in [-0.2, -0.15) is 18.2 Å². The highest BCUT2D eigenvalue weighted by Crippen LogP contribution is 2.31. The van der Waals surface area contributed by atoms with Crippen LogP contribution in [0.4, 0.5) is 13.2 Å². The van der Waals surface area contributed by atoms with Gasteiger partial charge in [-0.15, -0.1) is 5.10 Å². The molecule has 0 amide bonds. The number of aryl methyl sites for hydroxylation is 1. The Hall–Kier alpha value is -2.95. The normalized spacial score (nSPS) is 12.4. The van der Waals surface area contributed by atoms with Crippen molar-refractivity contribution in [2.45, 2.75) is 13.1 Å². The number of halogens is 3. The van der Waals surface area contributed by atoms with Crippen molar-refractivity contribution in [2.24, 2.45) is 5.16 Å². The summed E-state index contributed by atoms with van der Waals surface area (Å²) in [7, 11) is 2.53. The van der Waals surface area contributed by atoms with Gasteiger partial charge in [0.15, 0.2) is 5.82 Å². The summed E-state index contributed by atoms with van der Waals surface area (Å²) in [5.74, 6) is -0.402. The molecule has 0 aliphatic heterocycles. The number of nitrogens with zero attached hydrogens (tertiary/aromatic N) is 4. The smallest absolute Gasteiger partial charge is 0.416 e. The second-order valence-corrected chi connectivity index (χ2v) is 6.31. The third-order valence-electron chi connectivity index (χ3n) is 3.66. The maximum atomic E-state index is 12.7. The molecule has 3 rings (SSSR count).